The van der Waals surface area contributed by atoms with Crippen LogP contribution in [0.25, 0.3) is 0 Å². The van der Waals surface area contributed by atoms with Crippen LogP contribution in [0.4, 0.5) is 0 Å². The Bertz CT molecular complexity index is 145. The maximum atomic E-state index is 3.73. The molecule has 90 valence electrons. The highest BCUT2D eigenvalue weighted by molar-refractivity contribution is 4.74. The van der Waals surface area contributed by atoms with E-state index < -0.39 is 0 Å². The summed E-state index contributed by atoms with van der Waals surface area (Å²) in [5.41, 5.74) is 0. The van der Waals surface area contributed by atoms with Crippen LogP contribution < -0.4 is 10.6 Å². The zero-order valence-corrected chi connectivity index (χ0v) is 10.7. The smallest absolute Gasteiger partial charge is 0.0568 e. The van der Waals surface area contributed by atoms with E-state index in [9.17, 15) is 0 Å². The van der Waals surface area contributed by atoms with E-state index in [-0.39, 0.29) is 0 Å². The molecule has 2 nitrogen and oxygen atoms in total. The lowest BCUT2D eigenvalue weighted by molar-refractivity contribution is 0.302. The molecule has 0 aromatic heterocycles. The summed E-state index contributed by atoms with van der Waals surface area (Å²) in [7, 11) is 2.05. The fourth-order valence-electron chi connectivity index (χ4n) is 2.57. The number of nitrogens with one attached hydrogen (secondary N) is 2. The number of hydrogen-bond donors (Lipinski definition) is 2. The first kappa shape index (κ1) is 13.0. The molecule has 0 aliphatic heterocycles. The average molecular weight is 212 g/mol. The minimum atomic E-state index is 0.506. The molecule has 2 N–H and O–H groups in total. The van der Waals surface area contributed by atoms with Crippen LogP contribution in [-0.2, 0) is 0 Å². The first-order valence-corrected chi connectivity index (χ1v) is 6.69. The van der Waals surface area contributed by atoms with Crippen molar-refractivity contribution >= 4 is 0 Å². The van der Waals surface area contributed by atoms with Gasteiger partial charge in [0.05, 0.1) is 6.17 Å². The summed E-state index contributed by atoms with van der Waals surface area (Å²) < 4.78 is 0. The molecule has 1 atom stereocenters. The Morgan fingerprint density at radius 3 is 2.20 bits per heavy atom. The molecule has 0 bridgehead atoms. The van der Waals surface area contributed by atoms with E-state index in [4.69, 9.17) is 0 Å². The molecular formula is C13H28N2. The lowest BCUT2D eigenvalue weighted by Crippen LogP contribution is -2.45. The van der Waals surface area contributed by atoms with Gasteiger partial charge in [-0.15, -0.1) is 0 Å². The van der Waals surface area contributed by atoms with E-state index in [0.717, 1.165) is 12.0 Å². The molecule has 1 aliphatic carbocycles. The Balaban J connectivity index is 2.28. The Hall–Kier alpha value is -0.0800. The van der Waals surface area contributed by atoms with Gasteiger partial charge in [0.25, 0.3) is 0 Å². The van der Waals surface area contributed by atoms with Crippen LogP contribution in [0.2, 0.25) is 0 Å². The van der Waals surface area contributed by atoms with Crippen molar-refractivity contribution in [3.63, 3.8) is 0 Å². The van der Waals surface area contributed by atoms with Crippen LogP contribution in [0.1, 0.15) is 58.8 Å². The van der Waals surface area contributed by atoms with Crippen molar-refractivity contribution in [3.8, 4) is 0 Å². The second kappa shape index (κ2) is 7.24. The quantitative estimate of drug-likeness (QED) is 0.700. The molecule has 1 saturated carbocycles. The van der Waals surface area contributed by atoms with Gasteiger partial charge in [0, 0.05) is 6.04 Å². The normalized spacial score (nSPS) is 30.6. The highest BCUT2D eigenvalue weighted by Crippen LogP contribution is 2.22. The van der Waals surface area contributed by atoms with Gasteiger partial charge in [-0.1, -0.05) is 39.5 Å². The van der Waals surface area contributed by atoms with Gasteiger partial charge in [0.15, 0.2) is 0 Å². The summed E-state index contributed by atoms with van der Waals surface area (Å²) >= 11 is 0. The molecule has 0 aromatic rings. The molecule has 1 unspecified atom stereocenters. The van der Waals surface area contributed by atoms with Gasteiger partial charge in [0.1, 0.15) is 0 Å². The van der Waals surface area contributed by atoms with Gasteiger partial charge in [-0.3, -0.25) is 5.32 Å². The predicted octanol–water partition coefficient (Wildman–Crippen LogP) is 2.89. The Morgan fingerprint density at radius 1 is 1.13 bits per heavy atom. The molecule has 1 rings (SSSR count). The van der Waals surface area contributed by atoms with Crippen LogP contribution in [0.15, 0.2) is 0 Å². The number of rotatable bonds is 4. The van der Waals surface area contributed by atoms with E-state index in [1.807, 2.05) is 7.05 Å². The van der Waals surface area contributed by atoms with Crippen molar-refractivity contribution in [1.29, 1.82) is 0 Å². The van der Waals surface area contributed by atoms with E-state index in [0.29, 0.717) is 6.17 Å². The van der Waals surface area contributed by atoms with Crippen molar-refractivity contribution in [2.45, 2.75) is 71.0 Å². The summed E-state index contributed by atoms with van der Waals surface area (Å²) in [5.74, 6) is 0.956. The molecule has 0 aromatic carbocycles. The Morgan fingerprint density at radius 2 is 1.73 bits per heavy atom. The molecule has 0 heterocycles. The minimum Gasteiger partial charge on any atom is -0.305 e. The maximum absolute atomic E-state index is 3.73. The van der Waals surface area contributed by atoms with Crippen LogP contribution >= 0.6 is 0 Å². The fourth-order valence-corrected chi connectivity index (χ4v) is 2.57. The zero-order chi connectivity index (χ0) is 11.1. The predicted molar refractivity (Wildman–Crippen MR) is 66.9 cm³/mol. The molecule has 2 heteroatoms. The van der Waals surface area contributed by atoms with Crippen LogP contribution in [0.3, 0.4) is 0 Å². The third-order valence-corrected chi connectivity index (χ3v) is 3.69. The average Bonchev–Trinajstić information content (AvgIpc) is 2.21. The molecular weight excluding hydrogens is 184 g/mol. The molecule has 0 spiro atoms. The van der Waals surface area contributed by atoms with Crippen molar-refractivity contribution in [2.75, 3.05) is 7.05 Å². The van der Waals surface area contributed by atoms with Gasteiger partial charge in [-0.25, -0.2) is 0 Å². The minimum absolute atomic E-state index is 0.506. The van der Waals surface area contributed by atoms with Crippen LogP contribution in [0, 0.1) is 5.92 Å². The molecule has 1 aliphatic rings. The first-order valence-electron chi connectivity index (χ1n) is 6.69. The van der Waals surface area contributed by atoms with Crippen molar-refractivity contribution < 1.29 is 0 Å². The first-order chi connectivity index (χ1) is 7.26. The summed E-state index contributed by atoms with van der Waals surface area (Å²) in [6, 6.07) is 0.745. The second-order valence-electron chi connectivity index (χ2n) is 5.08. The topological polar surface area (TPSA) is 24.1 Å². The molecule has 1 fully saturated rings. The van der Waals surface area contributed by atoms with E-state index in [1.54, 1.807) is 0 Å². The molecule has 15 heavy (non-hydrogen) atoms. The fraction of sp³-hybridized carbons (Fsp3) is 1.00. The third-order valence-electron chi connectivity index (χ3n) is 3.69. The largest absolute Gasteiger partial charge is 0.305 e. The van der Waals surface area contributed by atoms with Gasteiger partial charge in [-0.2, -0.15) is 0 Å². The van der Waals surface area contributed by atoms with Crippen molar-refractivity contribution in [3.05, 3.63) is 0 Å². The molecule has 0 amide bonds. The summed E-state index contributed by atoms with van der Waals surface area (Å²) in [4.78, 5) is 0. The standard InChI is InChI=1S/C13H28N2/c1-4-13(14-3)15-12-9-5-7-11(2)8-6-10-12/h11-15H,4-10H2,1-3H3. The molecule has 0 radical (unpaired) electrons. The Labute approximate surface area is 95.2 Å². The third kappa shape index (κ3) is 4.98. The number of hydrogen-bond acceptors (Lipinski definition) is 2. The SMILES string of the molecule is CCC(NC)NC1CCCC(C)CCC1. The van der Waals surface area contributed by atoms with Gasteiger partial charge >= 0.3 is 0 Å². The Kier molecular flexibility index (Phi) is 6.26. The highest BCUT2D eigenvalue weighted by atomic mass is 15.1. The van der Waals surface area contributed by atoms with Gasteiger partial charge < -0.3 is 5.32 Å². The van der Waals surface area contributed by atoms with Gasteiger partial charge in [-0.05, 0) is 32.2 Å². The van der Waals surface area contributed by atoms with Crippen molar-refractivity contribution in [2.24, 2.45) is 5.92 Å². The molecule has 0 saturated heterocycles. The summed E-state index contributed by atoms with van der Waals surface area (Å²) in [6.45, 7) is 4.63. The lowest BCUT2D eigenvalue weighted by atomic mass is 9.90. The van der Waals surface area contributed by atoms with Crippen LogP contribution in [-0.4, -0.2) is 19.3 Å². The second-order valence-corrected chi connectivity index (χ2v) is 5.08. The van der Waals surface area contributed by atoms with E-state index in [1.165, 1.54) is 44.9 Å². The highest BCUT2D eigenvalue weighted by Gasteiger charge is 2.16. The van der Waals surface area contributed by atoms with E-state index in [2.05, 4.69) is 24.5 Å². The summed E-state index contributed by atoms with van der Waals surface area (Å²) in [5, 5.41) is 7.06. The van der Waals surface area contributed by atoms with Crippen molar-refractivity contribution in [1.82, 2.24) is 10.6 Å². The maximum Gasteiger partial charge on any atom is 0.0568 e. The zero-order valence-electron chi connectivity index (χ0n) is 10.7. The van der Waals surface area contributed by atoms with Crippen LogP contribution in [0.5, 0.6) is 0 Å². The lowest BCUT2D eigenvalue weighted by Gasteiger charge is -2.27. The monoisotopic (exact) mass is 212 g/mol. The van der Waals surface area contributed by atoms with Gasteiger partial charge in [0.2, 0.25) is 0 Å². The van der Waals surface area contributed by atoms with E-state index >= 15 is 0 Å². The summed E-state index contributed by atoms with van der Waals surface area (Å²) in [6.07, 6.45) is 10.1.